The summed E-state index contributed by atoms with van der Waals surface area (Å²) in [5.74, 6) is -2.60. The first kappa shape index (κ1) is 30.2. The molecule has 3 heterocycles. The molecule has 0 spiro atoms. The smallest absolute Gasteiger partial charge is 0.247 e. The topological polar surface area (TPSA) is 130 Å². The van der Waals surface area contributed by atoms with Crippen molar-refractivity contribution in [2.75, 3.05) is 32.8 Å². The van der Waals surface area contributed by atoms with Crippen LogP contribution in [0.4, 0.5) is 8.78 Å². The van der Waals surface area contributed by atoms with Crippen molar-refractivity contribution in [2.24, 2.45) is 16.3 Å². The molecule has 2 atom stereocenters. The molecule has 2 aromatic rings. The lowest BCUT2D eigenvalue weighted by molar-refractivity contribution is -0.142. The first-order valence-corrected chi connectivity index (χ1v) is 13.6. The molecule has 41 heavy (non-hydrogen) atoms. The van der Waals surface area contributed by atoms with Gasteiger partial charge in [0, 0.05) is 56.0 Å². The number of ether oxygens (including phenoxy) is 1. The van der Waals surface area contributed by atoms with Crippen LogP contribution in [0.25, 0.3) is 0 Å². The van der Waals surface area contributed by atoms with E-state index in [9.17, 15) is 23.2 Å². The number of benzene rings is 1. The van der Waals surface area contributed by atoms with E-state index < -0.39 is 40.4 Å². The van der Waals surface area contributed by atoms with Gasteiger partial charge in [0.1, 0.15) is 17.7 Å². The number of carbonyl (C=O) groups excluding carboxylic acids is 3. The SMILES string of the molecule is CCN1CC(=O)[C@]2(Cc3ccccn3)CN(C(=O)[C@@H](COCc3ccc(F)cc3F)NC(=O)C(C)(C)N)CCC2=N1. The largest absolute Gasteiger partial charge is 0.374 e. The highest BCUT2D eigenvalue weighted by Crippen LogP contribution is 2.36. The number of likely N-dealkylation sites (tertiary alicyclic amines) is 1. The van der Waals surface area contributed by atoms with Gasteiger partial charge in [-0.25, -0.2) is 8.78 Å². The Kier molecular flexibility index (Phi) is 9.13. The third-order valence-electron chi connectivity index (χ3n) is 7.39. The van der Waals surface area contributed by atoms with E-state index in [0.717, 1.165) is 12.1 Å². The highest BCUT2D eigenvalue weighted by molar-refractivity contribution is 6.13. The minimum Gasteiger partial charge on any atom is -0.374 e. The number of piperidine rings is 1. The lowest BCUT2D eigenvalue weighted by Gasteiger charge is -2.46. The molecule has 10 nitrogen and oxygen atoms in total. The number of nitrogens with two attached hydrogens (primary N) is 1. The van der Waals surface area contributed by atoms with Crippen LogP contribution in [-0.2, 0) is 32.1 Å². The molecule has 1 aromatic heterocycles. The molecule has 0 unspecified atom stereocenters. The third kappa shape index (κ3) is 6.94. The number of aromatic nitrogens is 1. The van der Waals surface area contributed by atoms with Crippen LogP contribution in [0.2, 0.25) is 0 Å². The molecule has 1 saturated heterocycles. The van der Waals surface area contributed by atoms with E-state index in [-0.39, 0.29) is 50.6 Å². The third-order valence-corrected chi connectivity index (χ3v) is 7.39. The summed E-state index contributed by atoms with van der Waals surface area (Å²) in [6.45, 7) is 5.42. The van der Waals surface area contributed by atoms with Gasteiger partial charge >= 0.3 is 0 Å². The van der Waals surface area contributed by atoms with Crippen molar-refractivity contribution in [3.8, 4) is 0 Å². The van der Waals surface area contributed by atoms with Gasteiger partial charge in [0.05, 0.1) is 36.4 Å². The summed E-state index contributed by atoms with van der Waals surface area (Å²) in [6, 6.07) is 7.41. The summed E-state index contributed by atoms with van der Waals surface area (Å²) >= 11 is 0. The lowest BCUT2D eigenvalue weighted by atomic mass is 9.70. The zero-order chi connectivity index (χ0) is 29.8. The van der Waals surface area contributed by atoms with Crippen LogP contribution in [0.3, 0.4) is 0 Å². The van der Waals surface area contributed by atoms with Crippen LogP contribution < -0.4 is 11.1 Å². The van der Waals surface area contributed by atoms with Crippen molar-refractivity contribution in [3.05, 3.63) is 65.5 Å². The summed E-state index contributed by atoms with van der Waals surface area (Å²) in [6.07, 6.45) is 2.30. The number of pyridine rings is 1. The Morgan fingerprint density at radius 3 is 2.68 bits per heavy atom. The van der Waals surface area contributed by atoms with Crippen molar-refractivity contribution < 1.29 is 27.9 Å². The van der Waals surface area contributed by atoms with Crippen molar-refractivity contribution in [1.82, 2.24) is 20.2 Å². The number of hydrogen-bond donors (Lipinski definition) is 2. The van der Waals surface area contributed by atoms with E-state index >= 15 is 0 Å². The number of ketones is 1. The average molecular weight is 571 g/mol. The number of likely N-dealkylation sites (N-methyl/N-ethyl adjacent to an activating group) is 1. The Balaban J connectivity index is 1.58. The highest BCUT2D eigenvalue weighted by Gasteiger charge is 2.51. The minimum atomic E-state index is -1.29. The van der Waals surface area contributed by atoms with E-state index in [1.54, 1.807) is 17.3 Å². The molecule has 2 amide bonds. The van der Waals surface area contributed by atoms with Crippen LogP contribution in [0.1, 0.15) is 38.4 Å². The number of Topliss-reactive ketones (excluding diaryl/α,β-unsaturated/α-hetero) is 1. The molecule has 3 N–H and O–H groups in total. The Bertz CT molecular complexity index is 1320. The fourth-order valence-corrected chi connectivity index (χ4v) is 5.00. The predicted molar refractivity (Wildman–Crippen MR) is 147 cm³/mol. The Morgan fingerprint density at radius 2 is 2.02 bits per heavy atom. The second kappa shape index (κ2) is 12.4. The molecule has 2 aliphatic heterocycles. The lowest BCUT2D eigenvalue weighted by Crippen LogP contribution is -2.64. The molecule has 4 rings (SSSR count). The van der Waals surface area contributed by atoms with E-state index in [0.29, 0.717) is 24.4 Å². The molecule has 0 aliphatic carbocycles. The first-order valence-electron chi connectivity index (χ1n) is 13.6. The number of nitrogens with one attached hydrogen (secondary N) is 1. The molecular weight excluding hydrogens is 534 g/mol. The van der Waals surface area contributed by atoms with E-state index in [2.05, 4.69) is 10.3 Å². The Labute approximate surface area is 237 Å². The maximum atomic E-state index is 14.1. The number of nitrogens with zero attached hydrogens (tertiary/aromatic N) is 4. The van der Waals surface area contributed by atoms with Gasteiger partial charge in [-0.1, -0.05) is 12.1 Å². The normalized spacial score (nSPS) is 19.9. The van der Waals surface area contributed by atoms with Crippen molar-refractivity contribution in [1.29, 1.82) is 0 Å². The van der Waals surface area contributed by atoms with E-state index in [4.69, 9.17) is 15.6 Å². The van der Waals surface area contributed by atoms with Crippen LogP contribution >= 0.6 is 0 Å². The molecule has 1 aromatic carbocycles. The van der Waals surface area contributed by atoms with Crippen LogP contribution in [0, 0.1) is 17.0 Å². The van der Waals surface area contributed by atoms with Crippen molar-refractivity contribution in [2.45, 2.75) is 51.8 Å². The van der Waals surface area contributed by atoms with Crippen molar-refractivity contribution in [3.63, 3.8) is 0 Å². The van der Waals surface area contributed by atoms with Gasteiger partial charge in [0.15, 0.2) is 5.78 Å². The Morgan fingerprint density at radius 1 is 1.24 bits per heavy atom. The summed E-state index contributed by atoms with van der Waals surface area (Å²) in [5, 5.41) is 9.13. The molecule has 1 fully saturated rings. The second-order valence-corrected chi connectivity index (χ2v) is 11.0. The van der Waals surface area contributed by atoms with Gasteiger partial charge in [-0.3, -0.25) is 24.4 Å². The van der Waals surface area contributed by atoms with E-state index in [1.165, 1.54) is 24.8 Å². The molecule has 220 valence electrons. The predicted octanol–water partition coefficient (Wildman–Crippen LogP) is 1.82. The maximum absolute atomic E-state index is 14.1. The van der Waals surface area contributed by atoms with Crippen LogP contribution in [0.5, 0.6) is 0 Å². The number of amides is 2. The number of halogens is 2. The molecule has 12 heteroatoms. The number of fused-ring (bicyclic) bond motifs is 1. The maximum Gasteiger partial charge on any atom is 0.247 e. The van der Waals surface area contributed by atoms with Gasteiger partial charge in [-0.2, -0.15) is 5.10 Å². The fourth-order valence-electron chi connectivity index (χ4n) is 5.00. The van der Waals surface area contributed by atoms with Gasteiger partial charge < -0.3 is 20.7 Å². The van der Waals surface area contributed by atoms with E-state index in [1.807, 2.05) is 19.1 Å². The zero-order valence-corrected chi connectivity index (χ0v) is 23.5. The standard InChI is InChI=1S/C29H36F2N6O4/c1-4-37-15-25(38)29(14-21-7-5-6-11-33-21)18-36(12-10-24(29)35-37)26(39)23(34-27(40)28(2,3)32)17-41-16-19-8-9-20(30)13-22(19)31/h5-9,11,13,23H,4,10,12,14-18,32H2,1-3H3,(H,34,40)/t23-,29-/m1/s1. The quantitative estimate of drug-likeness (QED) is 0.446. The summed E-state index contributed by atoms with van der Waals surface area (Å²) < 4.78 is 33.1. The first-order chi connectivity index (χ1) is 19.4. The number of carbonyl (C=O) groups is 3. The molecule has 0 bridgehead atoms. The fraction of sp³-hybridized carbons (Fsp3) is 0.483. The summed E-state index contributed by atoms with van der Waals surface area (Å²) in [5.41, 5.74) is 5.12. The monoisotopic (exact) mass is 570 g/mol. The number of rotatable bonds is 10. The van der Waals surface area contributed by atoms with Gasteiger partial charge in [0.25, 0.3) is 0 Å². The Hall–Kier alpha value is -3.77. The van der Waals surface area contributed by atoms with Crippen LogP contribution in [-0.4, -0.2) is 82.6 Å². The highest BCUT2D eigenvalue weighted by atomic mass is 19.1. The molecule has 0 saturated carbocycles. The molecule has 2 aliphatic rings. The average Bonchev–Trinajstić information content (AvgIpc) is 2.93. The van der Waals surface area contributed by atoms with Gasteiger partial charge in [0.2, 0.25) is 11.8 Å². The number of hydrazone groups is 1. The summed E-state index contributed by atoms with van der Waals surface area (Å²) in [7, 11) is 0. The molecular formula is C29H36F2N6O4. The molecule has 0 radical (unpaired) electrons. The number of hydrogen-bond acceptors (Lipinski definition) is 8. The van der Waals surface area contributed by atoms with Crippen LogP contribution in [0.15, 0.2) is 47.7 Å². The second-order valence-electron chi connectivity index (χ2n) is 11.0. The van der Waals surface area contributed by atoms with Gasteiger partial charge in [-0.15, -0.1) is 0 Å². The van der Waals surface area contributed by atoms with Gasteiger partial charge in [-0.05, 0) is 39.0 Å². The zero-order valence-electron chi connectivity index (χ0n) is 23.5. The minimum absolute atomic E-state index is 0.0563. The van der Waals surface area contributed by atoms with Crippen molar-refractivity contribution >= 4 is 23.3 Å². The summed E-state index contributed by atoms with van der Waals surface area (Å²) in [4.78, 5) is 46.3.